The minimum Gasteiger partial charge on any atom is -0.307 e. The minimum absolute atomic E-state index is 0.629. The van der Waals surface area contributed by atoms with Crippen molar-refractivity contribution in [2.45, 2.75) is 32.6 Å². The van der Waals surface area contributed by atoms with Gasteiger partial charge in [0, 0.05) is 12.4 Å². The first-order valence-corrected chi connectivity index (χ1v) is 5.82. The third-order valence-corrected chi connectivity index (χ3v) is 2.97. The van der Waals surface area contributed by atoms with Gasteiger partial charge in [-0.3, -0.25) is 4.98 Å². The Labute approximate surface area is 93.3 Å². The highest BCUT2D eigenvalue weighted by molar-refractivity contribution is 5.13. The molecule has 0 saturated heterocycles. The fourth-order valence-corrected chi connectivity index (χ4v) is 1.66. The first-order chi connectivity index (χ1) is 7.24. The van der Waals surface area contributed by atoms with Crippen LogP contribution in [0, 0.1) is 0 Å². The number of rotatable bonds is 6. The van der Waals surface area contributed by atoms with Gasteiger partial charge in [-0.1, -0.05) is 19.9 Å². The van der Waals surface area contributed by atoms with E-state index >= 15 is 0 Å². The van der Waals surface area contributed by atoms with Crippen molar-refractivity contribution in [3.05, 3.63) is 30.1 Å². The number of aromatic nitrogens is 1. The fourth-order valence-electron chi connectivity index (χ4n) is 1.66. The van der Waals surface area contributed by atoms with Crippen molar-refractivity contribution in [1.29, 1.82) is 0 Å². The van der Waals surface area contributed by atoms with Crippen molar-refractivity contribution in [3.63, 3.8) is 0 Å². The number of hydrogen-bond acceptors (Lipinski definition) is 2. The normalized spacial score (nSPS) is 13.1. The average Bonchev–Trinajstić information content (AvgIpc) is 2.29. The fraction of sp³-hybridized carbons (Fsp3) is 0.615. The third-order valence-electron chi connectivity index (χ3n) is 2.97. The molecular formula is C13H22N2. The van der Waals surface area contributed by atoms with E-state index in [0.29, 0.717) is 5.92 Å². The lowest BCUT2D eigenvalue weighted by molar-refractivity contribution is 0.339. The monoisotopic (exact) mass is 206 g/mol. The van der Waals surface area contributed by atoms with Gasteiger partial charge in [0.2, 0.25) is 0 Å². The minimum atomic E-state index is 0.629. The van der Waals surface area contributed by atoms with Gasteiger partial charge >= 0.3 is 0 Å². The molecule has 2 heteroatoms. The van der Waals surface area contributed by atoms with Gasteiger partial charge in [-0.25, -0.2) is 0 Å². The molecule has 15 heavy (non-hydrogen) atoms. The Morgan fingerprint density at radius 1 is 1.47 bits per heavy atom. The Bertz CT molecular complexity index is 258. The molecule has 2 nitrogen and oxygen atoms in total. The topological polar surface area (TPSA) is 16.1 Å². The van der Waals surface area contributed by atoms with E-state index in [2.05, 4.69) is 36.8 Å². The van der Waals surface area contributed by atoms with Crippen molar-refractivity contribution >= 4 is 0 Å². The summed E-state index contributed by atoms with van der Waals surface area (Å²) in [6, 6.07) is 4.19. The zero-order valence-electron chi connectivity index (χ0n) is 10.1. The summed E-state index contributed by atoms with van der Waals surface area (Å²) in [6.07, 6.45) is 6.33. The van der Waals surface area contributed by atoms with Crippen LogP contribution in [0.25, 0.3) is 0 Å². The maximum atomic E-state index is 4.15. The average molecular weight is 206 g/mol. The van der Waals surface area contributed by atoms with Crippen LogP contribution in [-0.4, -0.2) is 30.0 Å². The molecule has 1 rings (SSSR count). The molecule has 0 N–H and O–H groups in total. The van der Waals surface area contributed by atoms with E-state index in [1.165, 1.54) is 24.9 Å². The molecule has 0 radical (unpaired) electrons. The van der Waals surface area contributed by atoms with E-state index in [0.717, 1.165) is 6.54 Å². The molecule has 0 unspecified atom stereocenters. The van der Waals surface area contributed by atoms with Crippen LogP contribution in [0.2, 0.25) is 0 Å². The zero-order chi connectivity index (χ0) is 11.1. The van der Waals surface area contributed by atoms with Crippen molar-refractivity contribution in [1.82, 2.24) is 9.88 Å². The van der Waals surface area contributed by atoms with Gasteiger partial charge in [0.15, 0.2) is 0 Å². The largest absolute Gasteiger partial charge is 0.307 e. The van der Waals surface area contributed by atoms with Gasteiger partial charge in [-0.05, 0) is 50.5 Å². The molecule has 0 saturated carbocycles. The van der Waals surface area contributed by atoms with E-state index in [1.54, 1.807) is 0 Å². The number of hydrogen-bond donors (Lipinski definition) is 0. The van der Waals surface area contributed by atoms with Crippen LogP contribution in [0.4, 0.5) is 0 Å². The zero-order valence-corrected chi connectivity index (χ0v) is 10.1. The van der Waals surface area contributed by atoms with E-state index in [-0.39, 0.29) is 0 Å². The molecule has 1 aromatic heterocycles. The van der Waals surface area contributed by atoms with Gasteiger partial charge in [0.25, 0.3) is 0 Å². The Kier molecular flexibility index (Phi) is 5.33. The first-order valence-electron chi connectivity index (χ1n) is 5.82. The Hall–Kier alpha value is -0.890. The predicted octanol–water partition coefficient (Wildman–Crippen LogP) is 2.92. The molecule has 0 amide bonds. The van der Waals surface area contributed by atoms with Crippen LogP contribution in [-0.2, 0) is 0 Å². The summed E-state index contributed by atoms with van der Waals surface area (Å²) in [6.45, 7) is 6.82. The highest BCUT2D eigenvalue weighted by atomic mass is 15.1. The molecule has 0 aliphatic heterocycles. The van der Waals surface area contributed by atoms with Crippen molar-refractivity contribution < 1.29 is 0 Å². The molecule has 0 aliphatic rings. The summed E-state index contributed by atoms with van der Waals surface area (Å²) < 4.78 is 0. The van der Waals surface area contributed by atoms with E-state index in [1.807, 2.05) is 18.5 Å². The van der Waals surface area contributed by atoms with E-state index in [4.69, 9.17) is 0 Å². The van der Waals surface area contributed by atoms with Gasteiger partial charge in [-0.15, -0.1) is 0 Å². The van der Waals surface area contributed by atoms with Gasteiger partial charge < -0.3 is 4.90 Å². The highest BCUT2D eigenvalue weighted by Crippen LogP contribution is 2.19. The lowest BCUT2D eigenvalue weighted by Crippen LogP contribution is -2.19. The summed E-state index contributed by atoms with van der Waals surface area (Å²) in [5.41, 5.74) is 1.36. The third kappa shape index (κ3) is 4.43. The molecule has 0 aromatic carbocycles. The molecule has 1 atom stereocenters. The Morgan fingerprint density at radius 2 is 2.27 bits per heavy atom. The second-order valence-corrected chi connectivity index (χ2v) is 4.23. The lowest BCUT2D eigenvalue weighted by atomic mass is 9.98. The van der Waals surface area contributed by atoms with Crippen molar-refractivity contribution in [3.8, 4) is 0 Å². The standard InChI is InChI=1S/C13H22N2/c1-4-15(3)10-6-7-12(2)13-8-5-9-14-11-13/h5,8-9,11-12H,4,6-7,10H2,1-3H3/t12-/m0/s1. The van der Waals surface area contributed by atoms with E-state index in [9.17, 15) is 0 Å². The Morgan fingerprint density at radius 3 is 2.87 bits per heavy atom. The SMILES string of the molecule is CCN(C)CCC[C@H](C)c1cccnc1. The van der Waals surface area contributed by atoms with Gasteiger partial charge in [0.05, 0.1) is 0 Å². The van der Waals surface area contributed by atoms with Crippen LogP contribution < -0.4 is 0 Å². The number of nitrogens with zero attached hydrogens (tertiary/aromatic N) is 2. The van der Waals surface area contributed by atoms with Crippen LogP contribution >= 0.6 is 0 Å². The molecule has 1 heterocycles. The molecule has 84 valence electrons. The van der Waals surface area contributed by atoms with Crippen LogP contribution in [0.3, 0.4) is 0 Å². The quantitative estimate of drug-likeness (QED) is 0.711. The molecule has 1 aromatic rings. The summed E-state index contributed by atoms with van der Waals surface area (Å²) in [5, 5.41) is 0. The molecule has 0 aliphatic carbocycles. The van der Waals surface area contributed by atoms with Gasteiger partial charge in [-0.2, -0.15) is 0 Å². The summed E-state index contributed by atoms with van der Waals surface area (Å²) in [5.74, 6) is 0.629. The van der Waals surface area contributed by atoms with Crippen molar-refractivity contribution in [2.24, 2.45) is 0 Å². The molecule has 0 bridgehead atoms. The maximum absolute atomic E-state index is 4.15. The lowest BCUT2D eigenvalue weighted by Gasteiger charge is -2.16. The highest BCUT2D eigenvalue weighted by Gasteiger charge is 2.05. The molecular weight excluding hydrogens is 184 g/mol. The molecule has 0 spiro atoms. The summed E-state index contributed by atoms with van der Waals surface area (Å²) in [4.78, 5) is 6.51. The van der Waals surface area contributed by atoms with Crippen molar-refractivity contribution in [2.75, 3.05) is 20.1 Å². The maximum Gasteiger partial charge on any atom is 0.0302 e. The summed E-state index contributed by atoms with van der Waals surface area (Å²) in [7, 11) is 2.18. The summed E-state index contributed by atoms with van der Waals surface area (Å²) >= 11 is 0. The smallest absolute Gasteiger partial charge is 0.0302 e. The predicted molar refractivity (Wildman–Crippen MR) is 65.1 cm³/mol. The molecule has 0 fully saturated rings. The second-order valence-electron chi connectivity index (χ2n) is 4.23. The first kappa shape index (κ1) is 12.2. The van der Waals surface area contributed by atoms with Crippen LogP contribution in [0.5, 0.6) is 0 Å². The van der Waals surface area contributed by atoms with Crippen LogP contribution in [0.15, 0.2) is 24.5 Å². The number of pyridine rings is 1. The van der Waals surface area contributed by atoms with E-state index < -0.39 is 0 Å². The second kappa shape index (κ2) is 6.57. The van der Waals surface area contributed by atoms with Crippen LogP contribution in [0.1, 0.15) is 38.2 Å². The van der Waals surface area contributed by atoms with Gasteiger partial charge in [0.1, 0.15) is 0 Å². The Balaban J connectivity index is 2.28.